The van der Waals surface area contributed by atoms with Gasteiger partial charge in [0.15, 0.2) is 28.8 Å². The van der Waals surface area contributed by atoms with Gasteiger partial charge in [0.1, 0.15) is 0 Å². The first-order valence-electron chi connectivity index (χ1n) is 14.6. The maximum atomic E-state index is 14.1. The summed E-state index contributed by atoms with van der Waals surface area (Å²) in [6.45, 7) is 4.17. The molecule has 0 amide bonds. The lowest BCUT2D eigenvalue weighted by Crippen LogP contribution is -2.36. The summed E-state index contributed by atoms with van der Waals surface area (Å²) in [6, 6.07) is 18.9. The van der Waals surface area contributed by atoms with Gasteiger partial charge in [-0.15, -0.1) is 0 Å². The van der Waals surface area contributed by atoms with Crippen molar-refractivity contribution in [3.05, 3.63) is 104 Å². The number of carbonyl (C=O) groups is 2. The van der Waals surface area contributed by atoms with Gasteiger partial charge in [0, 0.05) is 35.7 Å². The fourth-order valence-electron chi connectivity index (χ4n) is 6.00. The van der Waals surface area contributed by atoms with Crippen molar-refractivity contribution in [3.63, 3.8) is 0 Å². The average Bonchev–Trinajstić information content (AvgIpc) is 3.02. The highest BCUT2D eigenvalue weighted by Gasteiger charge is 2.42. The largest absolute Gasteiger partial charge is 0.503 e. The lowest BCUT2D eigenvalue weighted by atomic mass is 9.71. The molecule has 0 aromatic heterocycles. The Bertz CT molecular complexity index is 1630. The number of ether oxygens (including phenoxy) is 4. The van der Waals surface area contributed by atoms with Gasteiger partial charge in [0.2, 0.25) is 0 Å². The minimum atomic E-state index is -0.717. The highest BCUT2D eigenvalue weighted by atomic mass is 79.9. The van der Waals surface area contributed by atoms with Crippen molar-refractivity contribution in [2.75, 3.05) is 27.4 Å². The third-order valence-electron chi connectivity index (χ3n) is 8.08. The molecule has 2 N–H and O–H groups in total. The third-order valence-corrected chi connectivity index (χ3v) is 8.68. The van der Waals surface area contributed by atoms with Crippen LogP contribution in [-0.2, 0) is 20.7 Å². The summed E-state index contributed by atoms with van der Waals surface area (Å²) >= 11 is 3.44. The van der Waals surface area contributed by atoms with Gasteiger partial charge in [-0.05, 0) is 83.1 Å². The van der Waals surface area contributed by atoms with E-state index in [9.17, 15) is 14.7 Å². The molecule has 0 radical (unpaired) electrons. The van der Waals surface area contributed by atoms with Crippen molar-refractivity contribution < 1.29 is 33.6 Å². The van der Waals surface area contributed by atoms with Crippen LogP contribution in [0, 0.1) is 0 Å². The molecule has 1 aliphatic heterocycles. The summed E-state index contributed by atoms with van der Waals surface area (Å²) in [6.07, 6.45) is 1.37. The Morgan fingerprint density at radius 3 is 2.41 bits per heavy atom. The van der Waals surface area contributed by atoms with Crippen LogP contribution >= 0.6 is 15.9 Å². The quantitative estimate of drug-likeness (QED) is 0.231. The molecule has 0 saturated carbocycles. The van der Waals surface area contributed by atoms with Gasteiger partial charge >= 0.3 is 5.97 Å². The van der Waals surface area contributed by atoms with E-state index < -0.39 is 11.9 Å². The number of aromatic hydroxyl groups is 1. The second-order valence-electron chi connectivity index (χ2n) is 10.8. The van der Waals surface area contributed by atoms with E-state index in [-0.39, 0.29) is 36.2 Å². The molecule has 3 aromatic rings. The van der Waals surface area contributed by atoms with Crippen molar-refractivity contribution in [1.82, 2.24) is 5.32 Å². The number of hydrogen-bond acceptors (Lipinski definition) is 8. The number of Topliss-reactive ketones (excluding diaryl/α,β-unsaturated/α-hetero) is 1. The number of benzene rings is 3. The Balaban J connectivity index is 1.53. The second-order valence-corrected chi connectivity index (χ2v) is 11.6. The van der Waals surface area contributed by atoms with Crippen LogP contribution in [0.1, 0.15) is 55.2 Å². The van der Waals surface area contributed by atoms with Crippen LogP contribution in [0.4, 0.5) is 0 Å². The smallest absolute Gasteiger partial charge is 0.336 e. The standard InChI is InChI=1S/C35H36BrNO7/c1-5-43-30-19-24(15-25(36)34(30)39)32-31(35(40)44-14-13-21-9-7-6-8-10-21)20(2)37-26-16-23(17-27(38)33(26)32)22-11-12-28(41-3)29(18-22)42-4/h6-12,15,18-19,23,32,37,39H,5,13-14,16-17H2,1-4H3/t23-,32+/m0/s1. The molecule has 5 rings (SSSR count). The first kappa shape index (κ1) is 31.2. The van der Waals surface area contributed by atoms with Crippen molar-refractivity contribution in [2.45, 2.75) is 44.9 Å². The zero-order valence-corrected chi connectivity index (χ0v) is 26.8. The molecule has 2 atom stereocenters. The van der Waals surface area contributed by atoms with E-state index in [4.69, 9.17) is 18.9 Å². The first-order chi connectivity index (χ1) is 21.2. The van der Waals surface area contributed by atoms with E-state index in [1.54, 1.807) is 26.4 Å². The van der Waals surface area contributed by atoms with Gasteiger partial charge in [-0.2, -0.15) is 0 Å². The Morgan fingerprint density at radius 1 is 0.977 bits per heavy atom. The molecule has 1 heterocycles. The Kier molecular flexibility index (Phi) is 9.64. The molecule has 8 nitrogen and oxygen atoms in total. The topological polar surface area (TPSA) is 103 Å². The molecule has 230 valence electrons. The number of ketones is 1. The van der Waals surface area contributed by atoms with Crippen LogP contribution in [0.5, 0.6) is 23.0 Å². The SMILES string of the molecule is CCOc1cc([C@@H]2C(C(=O)OCCc3ccccc3)=C(C)NC3=C2C(=O)C[C@@H](c2ccc(OC)c(OC)c2)C3)cc(Br)c1O. The second kappa shape index (κ2) is 13.6. The molecular formula is C35H36BrNO7. The normalized spacial score (nSPS) is 18.0. The summed E-state index contributed by atoms with van der Waals surface area (Å²) in [4.78, 5) is 27.9. The highest BCUT2D eigenvalue weighted by Crippen LogP contribution is 2.48. The van der Waals surface area contributed by atoms with Crippen molar-refractivity contribution in [2.24, 2.45) is 0 Å². The maximum absolute atomic E-state index is 14.1. The number of halogens is 1. The Hall–Kier alpha value is -4.24. The van der Waals surface area contributed by atoms with E-state index in [0.717, 1.165) is 16.8 Å². The molecule has 2 aliphatic rings. The van der Waals surface area contributed by atoms with E-state index in [1.165, 1.54) is 0 Å². The fourth-order valence-corrected chi connectivity index (χ4v) is 6.46. The third kappa shape index (κ3) is 6.33. The zero-order valence-electron chi connectivity index (χ0n) is 25.2. The zero-order chi connectivity index (χ0) is 31.4. The van der Waals surface area contributed by atoms with Crippen LogP contribution in [0.2, 0.25) is 0 Å². The van der Waals surface area contributed by atoms with Crippen molar-refractivity contribution in [1.29, 1.82) is 0 Å². The van der Waals surface area contributed by atoms with Crippen molar-refractivity contribution >= 4 is 27.7 Å². The number of esters is 1. The summed E-state index contributed by atoms with van der Waals surface area (Å²) in [5.74, 6) is 0.0324. The lowest BCUT2D eigenvalue weighted by Gasteiger charge is -2.37. The Morgan fingerprint density at radius 2 is 1.70 bits per heavy atom. The Labute approximate surface area is 265 Å². The minimum Gasteiger partial charge on any atom is -0.503 e. The van der Waals surface area contributed by atoms with Crippen LogP contribution in [-0.4, -0.2) is 44.3 Å². The number of rotatable bonds is 10. The van der Waals surface area contributed by atoms with Gasteiger partial charge in [-0.3, -0.25) is 4.79 Å². The summed E-state index contributed by atoms with van der Waals surface area (Å²) in [5.41, 5.74) is 4.89. The van der Waals surface area contributed by atoms with Crippen LogP contribution in [0.25, 0.3) is 0 Å². The molecule has 44 heavy (non-hydrogen) atoms. The highest BCUT2D eigenvalue weighted by molar-refractivity contribution is 9.10. The number of phenolic OH excluding ortho intramolecular Hbond substituents is 1. The van der Waals surface area contributed by atoms with Gasteiger partial charge < -0.3 is 29.4 Å². The molecule has 0 fully saturated rings. The van der Waals surface area contributed by atoms with E-state index in [0.29, 0.717) is 57.8 Å². The molecule has 0 bridgehead atoms. The number of carbonyl (C=O) groups excluding carboxylic acids is 2. The molecule has 0 spiro atoms. The van der Waals surface area contributed by atoms with E-state index in [1.807, 2.05) is 62.4 Å². The van der Waals surface area contributed by atoms with Crippen LogP contribution < -0.4 is 19.5 Å². The predicted molar refractivity (Wildman–Crippen MR) is 170 cm³/mol. The van der Waals surface area contributed by atoms with E-state index >= 15 is 0 Å². The van der Waals surface area contributed by atoms with E-state index in [2.05, 4.69) is 21.2 Å². The van der Waals surface area contributed by atoms with Crippen LogP contribution in [0.15, 0.2) is 87.7 Å². The average molecular weight is 663 g/mol. The minimum absolute atomic E-state index is 0.0464. The van der Waals surface area contributed by atoms with Gasteiger partial charge in [-0.1, -0.05) is 36.4 Å². The molecule has 0 unspecified atom stereocenters. The molecule has 1 aliphatic carbocycles. The maximum Gasteiger partial charge on any atom is 0.336 e. The van der Waals surface area contributed by atoms with Gasteiger partial charge in [0.05, 0.1) is 37.5 Å². The molecule has 3 aromatic carbocycles. The fraction of sp³-hybridized carbons (Fsp3) is 0.314. The number of nitrogens with one attached hydrogen (secondary N) is 1. The number of allylic oxidation sites excluding steroid dienone is 3. The summed E-state index contributed by atoms with van der Waals surface area (Å²) in [5, 5.41) is 14.0. The van der Waals surface area contributed by atoms with Gasteiger partial charge in [0.25, 0.3) is 0 Å². The molecule has 0 saturated heterocycles. The predicted octanol–water partition coefficient (Wildman–Crippen LogP) is 6.72. The summed E-state index contributed by atoms with van der Waals surface area (Å²) in [7, 11) is 3.17. The van der Waals surface area contributed by atoms with Crippen molar-refractivity contribution in [3.8, 4) is 23.0 Å². The number of phenols is 1. The monoisotopic (exact) mass is 661 g/mol. The van der Waals surface area contributed by atoms with Gasteiger partial charge in [-0.25, -0.2) is 4.79 Å². The number of hydrogen-bond donors (Lipinski definition) is 2. The first-order valence-corrected chi connectivity index (χ1v) is 15.4. The number of methoxy groups -OCH3 is 2. The number of dihydropyridines is 1. The summed E-state index contributed by atoms with van der Waals surface area (Å²) < 4.78 is 22.8. The lowest BCUT2D eigenvalue weighted by molar-refractivity contribution is -0.139. The molecular weight excluding hydrogens is 626 g/mol. The molecule has 9 heteroatoms. The van der Waals surface area contributed by atoms with Crippen LogP contribution in [0.3, 0.4) is 0 Å².